The van der Waals surface area contributed by atoms with Gasteiger partial charge in [-0.2, -0.15) is 0 Å². The van der Waals surface area contributed by atoms with Gasteiger partial charge in [-0.05, 0) is 30.0 Å². The molecule has 0 aromatic heterocycles. The molecule has 24 heavy (non-hydrogen) atoms. The summed E-state index contributed by atoms with van der Waals surface area (Å²) in [6.45, 7) is 8.25. The van der Waals surface area contributed by atoms with Gasteiger partial charge in [0.15, 0.2) is 0 Å². The Labute approximate surface area is 144 Å². The maximum atomic E-state index is 13.1. The van der Waals surface area contributed by atoms with Gasteiger partial charge in [-0.3, -0.25) is 4.79 Å². The molecule has 0 unspecified atom stereocenters. The molecule has 134 valence electrons. The molecular formula is C19H29FN2O2. The van der Waals surface area contributed by atoms with Crippen LogP contribution in [0.2, 0.25) is 0 Å². The van der Waals surface area contributed by atoms with Crippen LogP contribution in [0.4, 0.5) is 4.39 Å². The highest BCUT2D eigenvalue weighted by Crippen LogP contribution is 2.21. The SMILES string of the molecule is COCCCN1CCC(=O)N(Cc2ccc(F)cc2)[C@H](C(C)C)C1. The van der Waals surface area contributed by atoms with E-state index in [1.54, 1.807) is 19.2 Å². The fraction of sp³-hybridized carbons (Fsp3) is 0.632. The van der Waals surface area contributed by atoms with Gasteiger partial charge in [-0.1, -0.05) is 26.0 Å². The topological polar surface area (TPSA) is 32.8 Å². The second-order valence-electron chi connectivity index (χ2n) is 6.86. The average molecular weight is 336 g/mol. The van der Waals surface area contributed by atoms with E-state index in [1.165, 1.54) is 12.1 Å². The third-order valence-electron chi connectivity index (χ3n) is 4.67. The van der Waals surface area contributed by atoms with E-state index in [-0.39, 0.29) is 17.8 Å². The van der Waals surface area contributed by atoms with E-state index < -0.39 is 0 Å². The molecule has 1 aliphatic heterocycles. The van der Waals surface area contributed by atoms with Gasteiger partial charge < -0.3 is 14.5 Å². The molecule has 1 aliphatic rings. The van der Waals surface area contributed by atoms with Crippen LogP contribution >= 0.6 is 0 Å². The summed E-state index contributed by atoms with van der Waals surface area (Å²) < 4.78 is 18.2. The lowest BCUT2D eigenvalue weighted by atomic mass is 10.0. The summed E-state index contributed by atoms with van der Waals surface area (Å²) in [7, 11) is 1.72. The van der Waals surface area contributed by atoms with Crippen molar-refractivity contribution in [2.24, 2.45) is 5.92 Å². The highest BCUT2D eigenvalue weighted by Gasteiger charge is 2.31. The molecule has 1 fully saturated rings. The Morgan fingerprint density at radius 2 is 2.00 bits per heavy atom. The molecule has 1 atom stereocenters. The van der Waals surface area contributed by atoms with E-state index in [0.717, 1.165) is 38.2 Å². The standard InChI is InChI=1S/C19H29FN2O2/c1-15(2)18-14-21(10-4-12-24-3)11-9-19(23)22(18)13-16-5-7-17(20)8-6-16/h5-8,15,18H,4,9-14H2,1-3H3/t18-/m0/s1. The van der Waals surface area contributed by atoms with Crippen molar-refractivity contribution in [3.63, 3.8) is 0 Å². The highest BCUT2D eigenvalue weighted by molar-refractivity contribution is 5.77. The molecular weight excluding hydrogens is 307 g/mol. The van der Waals surface area contributed by atoms with Crippen LogP contribution in [-0.4, -0.2) is 55.1 Å². The van der Waals surface area contributed by atoms with Gasteiger partial charge in [-0.15, -0.1) is 0 Å². The number of hydrogen-bond acceptors (Lipinski definition) is 3. The molecule has 0 radical (unpaired) electrons. The number of benzene rings is 1. The number of hydrogen-bond donors (Lipinski definition) is 0. The van der Waals surface area contributed by atoms with E-state index in [0.29, 0.717) is 18.9 Å². The van der Waals surface area contributed by atoms with E-state index in [1.807, 2.05) is 4.90 Å². The highest BCUT2D eigenvalue weighted by atomic mass is 19.1. The third kappa shape index (κ3) is 5.28. The van der Waals surface area contributed by atoms with Crippen LogP contribution < -0.4 is 0 Å². The van der Waals surface area contributed by atoms with Crippen LogP contribution in [0.25, 0.3) is 0 Å². The second-order valence-corrected chi connectivity index (χ2v) is 6.86. The third-order valence-corrected chi connectivity index (χ3v) is 4.67. The summed E-state index contributed by atoms with van der Waals surface area (Å²) >= 11 is 0. The first-order valence-corrected chi connectivity index (χ1v) is 8.76. The Kier molecular flexibility index (Phi) is 7.18. The van der Waals surface area contributed by atoms with Crippen molar-refractivity contribution in [3.8, 4) is 0 Å². The summed E-state index contributed by atoms with van der Waals surface area (Å²) in [5.41, 5.74) is 0.975. The van der Waals surface area contributed by atoms with E-state index in [2.05, 4.69) is 18.7 Å². The Balaban J connectivity index is 2.09. The number of carbonyl (C=O) groups is 1. The molecule has 0 bridgehead atoms. The summed E-state index contributed by atoms with van der Waals surface area (Å²) in [5.74, 6) is 0.315. The van der Waals surface area contributed by atoms with Gasteiger partial charge >= 0.3 is 0 Å². The minimum absolute atomic E-state index is 0.174. The molecule has 0 N–H and O–H groups in total. The number of carbonyl (C=O) groups excluding carboxylic acids is 1. The first-order valence-electron chi connectivity index (χ1n) is 8.76. The Hall–Kier alpha value is -1.46. The number of methoxy groups -OCH3 is 1. The van der Waals surface area contributed by atoms with Crippen LogP contribution in [0.5, 0.6) is 0 Å². The Morgan fingerprint density at radius 1 is 1.29 bits per heavy atom. The molecule has 0 spiro atoms. The smallest absolute Gasteiger partial charge is 0.224 e. The van der Waals surface area contributed by atoms with Crippen molar-refractivity contribution in [1.29, 1.82) is 0 Å². The molecule has 0 aliphatic carbocycles. The summed E-state index contributed by atoms with van der Waals surface area (Å²) in [5, 5.41) is 0. The molecule has 1 amide bonds. The molecule has 4 nitrogen and oxygen atoms in total. The predicted molar refractivity (Wildman–Crippen MR) is 93.1 cm³/mol. The largest absolute Gasteiger partial charge is 0.385 e. The van der Waals surface area contributed by atoms with Crippen molar-refractivity contribution in [1.82, 2.24) is 9.80 Å². The monoisotopic (exact) mass is 336 g/mol. The van der Waals surface area contributed by atoms with Gasteiger partial charge in [0.25, 0.3) is 0 Å². The van der Waals surface area contributed by atoms with E-state index in [4.69, 9.17) is 4.74 Å². The molecule has 5 heteroatoms. The molecule has 1 aromatic carbocycles. The quantitative estimate of drug-likeness (QED) is 0.718. The van der Waals surface area contributed by atoms with Gasteiger partial charge in [0.05, 0.1) is 0 Å². The molecule has 0 saturated carbocycles. The lowest BCUT2D eigenvalue weighted by molar-refractivity contribution is -0.134. The first kappa shape index (κ1) is 18.9. The van der Waals surface area contributed by atoms with Crippen LogP contribution in [0.15, 0.2) is 24.3 Å². The molecule has 1 aromatic rings. The maximum absolute atomic E-state index is 13.1. The van der Waals surface area contributed by atoms with Crippen molar-refractivity contribution < 1.29 is 13.9 Å². The van der Waals surface area contributed by atoms with E-state index >= 15 is 0 Å². The number of nitrogens with zero attached hydrogens (tertiary/aromatic N) is 2. The zero-order valence-electron chi connectivity index (χ0n) is 15.0. The van der Waals surface area contributed by atoms with Crippen molar-refractivity contribution >= 4 is 5.91 Å². The molecule has 2 rings (SSSR count). The summed E-state index contributed by atoms with van der Waals surface area (Å²) in [6.07, 6.45) is 1.52. The van der Waals surface area contributed by atoms with Gasteiger partial charge in [-0.25, -0.2) is 4.39 Å². The first-order chi connectivity index (χ1) is 11.5. The van der Waals surface area contributed by atoms with Crippen molar-refractivity contribution in [2.75, 3.05) is 33.4 Å². The summed E-state index contributed by atoms with van der Waals surface area (Å²) in [6, 6.07) is 6.62. The molecule has 1 saturated heterocycles. The van der Waals surface area contributed by atoms with E-state index in [9.17, 15) is 9.18 Å². The molecule has 1 heterocycles. The lowest BCUT2D eigenvalue weighted by Gasteiger charge is -2.35. The van der Waals surface area contributed by atoms with Crippen molar-refractivity contribution in [3.05, 3.63) is 35.6 Å². The second kappa shape index (κ2) is 9.14. The Morgan fingerprint density at radius 3 is 2.62 bits per heavy atom. The van der Waals surface area contributed by atoms with Crippen LogP contribution in [0.3, 0.4) is 0 Å². The van der Waals surface area contributed by atoms with Gasteiger partial charge in [0, 0.05) is 52.4 Å². The lowest BCUT2D eigenvalue weighted by Crippen LogP contribution is -2.46. The zero-order valence-corrected chi connectivity index (χ0v) is 15.0. The minimum atomic E-state index is -0.245. The van der Waals surface area contributed by atoms with Crippen LogP contribution in [0.1, 0.15) is 32.3 Å². The number of amides is 1. The summed E-state index contributed by atoms with van der Waals surface area (Å²) in [4.78, 5) is 17.0. The maximum Gasteiger partial charge on any atom is 0.224 e. The number of ether oxygens (including phenoxy) is 1. The normalized spacial score (nSPS) is 19.8. The number of rotatable bonds is 7. The van der Waals surface area contributed by atoms with Gasteiger partial charge in [0.1, 0.15) is 5.82 Å². The van der Waals surface area contributed by atoms with Crippen molar-refractivity contribution in [2.45, 2.75) is 39.3 Å². The predicted octanol–water partition coefficient (Wildman–Crippen LogP) is 2.92. The fourth-order valence-corrected chi connectivity index (χ4v) is 3.23. The average Bonchev–Trinajstić information content (AvgIpc) is 2.70. The Bertz CT molecular complexity index is 519. The zero-order chi connectivity index (χ0) is 17.5. The van der Waals surface area contributed by atoms with Gasteiger partial charge in [0.2, 0.25) is 5.91 Å². The fourth-order valence-electron chi connectivity index (χ4n) is 3.23. The number of halogens is 1. The minimum Gasteiger partial charge on any atom is -0.385 e. The van der Waals surface area contributed by atoms with Crippen LogP contribution in [-0.2, 0) is 16.1 Å². The van der Waals surface area contributed by atoms with Crippen LogP contribution in [0, 0.1) is 11.7 Å².